The molecule has 1 aliphatic rings. The Kier molecular flexibility index (Phi) is 6.83. The van der Waals surface area contributed by atoms with Crippen molar-refractivity contribution in [2.24, 2.45) is 5.92 Å². The van der Waals surface area contributed by atoms with Gasteiger partial charge in [-0.25, -0.2) is 9.97 Å². The lowest BCUT2D eigenvalue weighted by molar-refractivity contribution is -0.146. The largest absolute Gasteiger partial charge is 0.475 e. The summed E-state index contributed by atoms with van der Waals surface area (Å²) >= 11 is 0. The average Bonchev–Trinajstić information content (AvgIpc) is 3.26. The molecule has 0 N–H and O–H groups in total. The van der Waals surface area contributed by atoms with Gasteiger partial charge in [0.15, 0.2) is 0 Å². The maximum absolute atomic E-state index is 11.8. The lowest BCUT2D eigenvalue weighted by Gasteiger charge is -2.21. The van der Waals surface area contributed by atoms with Crippen LogP contribution < -0.4 is 4.74 Å². The second-order valence-electron chi connectivity index (χ2n) is 7.50. The maximum atomic E-state index is 11.8. The van der Waals surface area contributed by atoms with Crippen LogP contribution in [0.1, 0.15) is 23.4 Å². The van der Waals surface area contributed by atoms with Crippen LogP contribution in [-0.2, 0) is 27.2 Å². The molecule has 0 spiro atoms. The minimum atomic E-state index is -0.156. The summed E-state index contributed by atoms with van der Waals surface area (Å²) in [7, 11) is 3.07. The molecule has 3 aromatic rings. The van der Waals surface area contributed by atoms with E-state index in [1.807, 2.05) is 42.6 Å². The molecule has 7 nitrogen and oxygen atoms in total. The number of pyridine rings is 1. The summed E-state index contributed by atoms with van der Waals surface area (Å²) in [4.78, 5) is 20.8. The normalized spacial score (nSPS) is 14.8. The van der Waals surface area contributed by atoms with Crippen LogP contribution in [0.3, 0.4) is 0 Å². The van der Waals surface area contributed by atoms with E-state index in [-0.39, 0.29) is 11.9 Å². The van der Waals surface area contributed by atoms with Gasteiger partial charge in [0.05, 0.1) is 25.3 Å². The van der Waals surface area contributed by atoms with Gasteiger partial charge in [-0.3, -0.25) is 4.79 Å². The van der Waals surface area contributed by atoms with Crippen LogP contribution in [0.2, 0.25) is 0 Å². The minimum absolute atomic E-state index is 0.105. The van der Waals surface area contributed by atoms with Crippen LogP contribution in [0.4, 0.5) is 0 Å². The zero-order valence-electron chi connectivity index (χ0n) is 18.2. The van der Waals surface area contributed by atoms with Gasteiger partial charge in [0.25, 0.3) is 0 Å². The first-order chi connectivity index (χ1) is 15.7. The highest BCUT2D eigenvalue weighted by molar-refractivity contribution is 5.72. The predicted molar refractivity (Wildman–Crippen MR) is 119 cm³/mol. The molecule has 0 fully saturated rings. The van der Waals surface area contributed by atoms with Gasteiger partial charge in [0.1, 0.15) is 12.4 Å². The Morgan fingerprint density at radius 3 is 2.72 bits per heavy atom. The molecule has 1 unspecified atom stereocenters. The molecule has 3 heterocycles. The minimum Gasteiger partial charge on any atom is -0.475 e. The molecule has 4 rings (SSSR count). The van der Waals surface area contributed by atoms with Crippen LogP contribution in [0.25, 0.3) is 11.3 Å². The topological polar surface area (TPSA) is 75.5 Å². The molecule has 0 saturated heterocycles. The van der Waals surface area contributed by atoms with Gasteiger partial charge < -0.3 is 18.8 Å². The molecule has 164 valence electrons. The smallest absolute Gasteiger partial charge is 0.310 e. The second-order valence-corrected chi connectivity index (χ2v) is 7.50. The zero-order chi connectivity index (χ0) is 22.3. The van der Waals surface area contributed by atoms with Gasteiger partial charge in [-0.05, 0) is 24.6 Å². The number of ether oxygens (including phenoxy) is 3. The number of nitrogens with zero attached hydrogens (tertiary/aromatic N) is 3. The number of carbonyl (C=O) groups is 1. The molecule has 1 aromatic carbocycles. The highest BCUT2D eigenvalue weighted by Gasteiger charge is 2.26. The molecule has 0 saturated carbocycles. The summed E-state index contributed by atoms with van der Waals surface area (Å²) in [5.41, 5.74) is 3.65. The summed E-state index contributed by atoms with van der Waals surface area (Å²) in [5, 5.41) is 0. The number of rotatable bonds is 6. The number of methoxy groups -OCH3 is 2. The fourth-order valence-corrected chi connectivity index (χ4v) is 3.61. The summed E-state index contributed by atoms with van der Waals surface area (Å²) < 4.78 is 17.5. The fourth-order valence-electron chi connectivity index (χ4n) is 3.61. The molecule has 1 atom stereocenters. The SMILES string of the molecule is COCCOc1cc(C#Cc2ccc(-c3cn4c(n3)CCC(C(=O)OC)C4)cc2)ccn1. The molecule has 0 radical (unpaired) electrons. The van der Waals surface area contributed by atoms with E-state index >= 15 is 0 Å². The maximum Gasteiger partial charge on any atom is 0.310 e. The number of carbonyl (C=O) groups excluding carboxylic acids is 1. The van der Waals surface area contributed by atoms with E-state index in [9.17, 15) is 4.79 Å². The van der Waals surface area contributed by atoms with E-state index in [1.165, 1.54) is 7.11 Å². The van der Waals surface area contributed by atoms with E-state index < -0.39 is 0 Å². The second kappa shape index (κ2) is 10.1. The Balaban J connectivity index is 1.44. The van der Waals surface area contributed by atoms with E-state index in [0.717, 1.165) is 41.1 Å². The molecule has 0 bridgehead atoms. The first kappa shape index (κ1) is 21.6. The lowest BCUT2D eigenvalue weighted by atomic mass is 10.00. The number of hydrogen-bond acceptors (Lipinski definition) is 6. The third-order valence-corrected chi connectivity index (χ3v) is 5.33. The number of aromatic nitrogens is 3. The van der Waals surface area contributed by atoms with Crippen molar-refractivity contribution < 1.29 is 19.0 Å². The summed E-state index contributed by atoms with van der Waals surface area (Å²) in [6, 6.07) is 11.7. The molecule has 0 amide bonds. The van der Waals surface area contributed by atoms with Gasteiger partial charge >= 0.3 is 5.97 Å². The van der Waals surface area contributed by atoms with Crippen LogP contribution >= 0.6 is 0 Å². The number of esters is 1. The molecule has 32 heavy (non-hydrogen) atoms. The van der Waals surface area contributed by atoms with Crippen molar-refractivity contribution in [3.8, 4) is 29.0 Å². The first-order valence-electron chi connectivity index (χ1n) is 10.5. The van der Waals surface area contributed by atoms with Crippen molar-refractivity contribution in [1.82, 2.24) is 14.5 Å². The van der Waals surface area contributed by atoms with Crippen molar-refractivity contribution in [2.45, 2.75) is 19.4 Å². The Bertz CT molecular complexity index is 1140. The van der Waals surface area contributed by atoms with Crippen LogP contribution in [0, 0.1) is 17.8 Å². The molecular weight excluding hydrogens is 406 g/mol. The van der Waals surface area contributed by atoms with Crippen molar-refractivity contribution in [1.29, 1.82) is 0 Å². The molecular formula is C25H25N3O4. The molecule has 1 aliphatic heterocycles. The standard InChI is InChI=1S/C25H25N3O4/c1-30-13-14-32-24-15-19(11-12-26-24)4-3-18-5-7-20(8-6-18)22-17-28-16-21(25(29)31-2)9-10-23(28)27-22/h5-8,11-12,15,17,21H,9-10,13-14,16H2,1-2H3. The van der Waals surface area contributed by atoms with Gasteiger partial charge in [-0.15, -0.1) is 0 Å². The van der Waals surface area contributed by atoms with E-state index in [0.29, 0.717) is 25.6 Å². The fraction of sp³-hybridized carbons (Fsp3) is 0.320. The van der Waals surface area contributed by atoms with Gasteiger partial charge in [-0.1, -0.05) is 24.0 Å². The number of aryl methyl sites for hydroxylation is 1. The Morgan fingerprint density at radius 1 is 1.12 bits per heavy atom. The quantitative estimate of drug-likeness (QED) is 0.339. The van der Waals surface area contributed by atoms with E-state index in [1.54, 1.807) is 13.3 Å². The monoisotopic (exact) mass is 431 g/mol. The Hall–Kier alpha value is -3.63. The number of benzene rings is 1. The third-order valence-electron chi connectivity index (χ3n) is 5.33. The average molecular weight is 431 g/mol. The number of hydrogen-bond donors (Lipinski definition) is 0. The number of imidazole rings is 1. The molecule has 7 heteroatoms. The molecule has 0 aliphatic carbocycles. The summed E-state index contributed by atoms with van der Waals surface area (Å²) in [6.45, 7) is 1.57. The Labute approximate surface area is 187 Å². The zero-order valence-corrected chi connectivity index (χ0v) is 18.2. The highest BCUT2D eigenvalue weighted by Crippen LogP contribution is 2.25. The van der Waals surface area contributed by atoms with Gasteiger partial charge in [-0.2, -0.15) is 0 Å². The van der Waals surface area contributed by atoms with Crippen LogP contribution in [0.15, 0.2) is 48.8 Å². The van der Waals surface area contributed by atoms with Crippen molar-refractivity contribution >= 4 is 5.97 Å². The van der Waals surface area contributed by atoms with Gasteiger partial charge in [0.2, 0.25) is 5.88 Å². The van der Waals surface area contributed by atoms with Crippen LogP contribution in [-0.4, -0.2) is 47.9 Å². The highest BCUT2D eigenvalue weighted by atomic mass is 16.5. The first-order valence-corrected chi connectivity index (χ1v) is 10.5. The van der Waals surface area contributed by atoms with Crippen molar-refractivity contribution in [2.75, 3.05) is 27.4 Å². The van der Waals surface area contributed by atoms with Crippen molar-refractivity contribution in [3.63, 3.8) is 0 Å². The predicted octanol–water partition coefficient (Wildman–Crippen LogP) is 3.11. The Morgan fingerprint density at radius 2 is 1.94 bits per heavy atom. The van der Waals surface area contributed by atoms with Crippen molar-refractivity contribution in [3.05, 3.63) is 65.7 Å². The number of fused-ring (bicyclic) bond motifs is 1. The van der Waals surface area contributed by atoms with E-state index in [4.69, 9.17) is 19.2 Å². The van der Waals surface area contributed by atoms with Gasteiger partial charge in [0, 0.05) is 55.2 Å². The summed E-state index contributed by atoms with van der Waals surface area (Å²) in [5.74, 6) is 7.59. The summed E-state index contributed by atoms with van der Waals surface area (Å²) in [6.07, 6.45) is 5.23. The molecule has 2 aromatic heterocycles. The van der Waals surface area contributed by atoms with E-state index in [2.05, 4.69) is 21.4 Å². The lowest BCUT2D eigenvalue weighted by Crippen LogP contribution is -2.27. The van der Waals surface area contributed by atoms with Crippen LogP contribution in [0.5, 0.6) is 5.88 Å². The third kappa shape index (κ3) is 5.16.